The molecule has 0 radical (unpaired) electrons. The number of nitrogens with two attached hydrogens (primary N) is 1. The Morgan fingerprint density at radius 2 is 1.55 bits per heavy atom. The van der Waals surface area contributed by atoms with Crippen LogP contribution in [-0.2, 0) is 27.3 Å². The van der Waals surface area contributed by atoms with Gasteiger partial charge in [0.2, 0.25) is 11.7 Å². The largest absolute Gasteiger partial charge is 0.344 e. The molecular formula is C33H39F2N5O4. The molecule has 3 atom stereocenters. The highest BCUT2D eigenvalue weighted by atomic mass is 19.3. The van der Waals surface area contributed by atoms with Gasteiger partial charge in [-0.05, 0) is 35.1 Å². The number of aromatic nitrogens is 1. The lowest BCUT2D eigenvalue weighted by Gasteiger charge is -2.29. The number of carbonyl (C=O) groups excluding carboxylic acids is 4. The lowest BCUT2D eigenvalue weighted by atomic mass is 9.81. The number of rotatable bonds is 15. The Balaban J connectivity index is 1.84. The fourth-order valence-corrected chi connectivity index (χ4v) is 4.87. The molecule has 11 heteroatoms. The molecule has 2 aromatic carbocycles. The van der Waals surface area contributed by atoms with E-state index in [-0.39, 0.29) is 13.0 Å². The van der Waals surface area contributed by atoms with Crippen molar-refractivity contribution in [3.8, 4) is 0 Å². The van der Waals surface area contributed by atoms with Gasteiger partial charge in [-0.3, -0.25) is 19.4 Å². The van der Waals surface area contributed by atoms with E-state index in [0.29, 0.717) is 16.7 Å². The van der Waals surface area contributed by atoms with Crippen LogP contribution in [0, 0.1) is 11.8 Å². The normalized spacial score (nSPS) is 13.4. The van der Waals surface area contributed by atoms with E-state index < -0.39 is 66.3 Å². The fraction of sp³-hybridized carbons (Fsp3) is 0.364. The summed E-state index contributed by atoms with van der Waals surface area (Å²) < 4.78 is 31.2. The first-order valence-electron chi connectivity index (χ1n) is 14.4. The second-order valence-electron chi connectivity index (χ2n) is 11.0. The van der Waals surface area contributed by atoms with E-state index in [1.165, 1.54) is 11.9 Å². The molecule has 44 heavy (non-hydrogen) atoms. The number of alkyl halides is 2. The van der Waals surface area contributed by atoms with Gasteiger partial charge in [-0.1, -0.05) is 80.6 Å². The minimum atomic E-state index is -3.92. The van der Waals surface area contributed by atoms with Crippen LogP contribution >= 0.6 is 0 Å². The molecule has 0 aliphatic heterocycles. The molecule has 1 aromatic heterocycles. The van der Waals surface area contributed by atoms with Gasteiger partial charge < -0.3 is 21.3 Å². The highest BCUT2D eigenvalue weighted by Gasteiger charge is 2.48. The fourth-order valence-electron chi connectivity index (χ4n) is 4.87. The Kier molecular flexibility index (Phi) is 12.2. The predicted molar refractivity (Wildman–Crippen MR) is 162 cm³/mol. The quantitative estimate of drug-likeness (QED) is 0.223. The Hall–Kier alpha value is -4.51. The zero-order chi connectivity index (χ0) is 32.3. The highest BCUT2D eigenvalue weighted by Crippen LogP contribution is 2.32. The van der Waals surface area contributed by atoms with E-state index in [4.69, 9.17) is 5.73 Å². The average molecular weight is 608 g/mol. The third-order valence-corrected chi connectivity index (χ3v) is 7.23. The highest BCUT2D eigenvalue weighted by molar-refractivity contribution is 6.08. The van der Waals surface area contributed by atoms with Gasteiger partial charge in [0.05, 0.1) is 12.0 Å². The van der Waals surface area contributed by atoms with Crippen LogP contribution < -0.4 is 16.4 Å². The van der Waals surface area contributed by atoms with Crippen molar-refractivity contribution in [3.05, 3.63) is 102 Å². The predicted octanol–water partition coefficient (Wildman–Crippen LogP) is 4.09. The molecule has 9 nitrogen and oxygen atoms in total. The topological polar surface area (TPSA) is 134 Å². The van der Waals surface area contributed by atoms with Gasteiger partial charge in [0, 0.05) is 38.4 Å². The minimum Gasteiger partial charge on any atom is -0.344 e. The van der Waals surface area contributed by atoms with Gasteiger partial charge in [0.25, 0.3) is 0 Å². The summed E-state index contributed by atoms with van der Waals surface area (Å²) in [5.74, 6) is -9.31. The van der Waals surface area contributed by atoms with E-state index >= 15 is 8.78 Å². The van der Waals surface area contributed by atoms with Crippen molar-refractivity contribution in [1.82, 2.24) is 20.5 Å². The van der Waals surface area contributed by atoms with Crippen LogP contribution in [0.1, 0.15) is 43.0 Å². The molecule has 1 heterocycles. The second kappa shape index (κ2) is 15.8. The first-order chi connectivity index (χ1) is 20.9. The Morgan fingerprint density at radius 1 is 0.932 bits per heavy atom. The number of benzene rings is 2. The van der Waals surface area contributed by atoms with Crippen molar-refractivity contribution in [2.75, 3.05) is 13.6 Å². The maximum atomic E-state index is 15.6. The van der Waals surface area contributed by atoms with Gasteiger partial charge in [0.15, 0.2) is 5.78 Å². The van der Waals surface area contributed by atoms with Crippen molar-refractivity contribution >= 4 is 23.5 Å². The van der Waals surface area contributed by atoms with Crippen LogP contribution in [0.25, 0.3) is 0 Å². The van der Waals surface area contributed by atoms with E-state index in [2.05, 4.69) is 15.6 Å². The van der Waals surface area contributed by atoms with Gasteiger partial charge >= 0.3 is 12.0 Å². The van der Waals surface area contributed by atoms with E-state index in [9.17, 15) is 19.2 Å². The number of pyridine rings is 1. The lowest BCUT2D eigenvalue weighted by molar-refractivity contribution is -0.153. The van der Waals surface area contributed by atoms with Crippen molar-refractivity contribution < 1.29 is 28.0 Å². The van der Waals surface area contributed by atoms with Crippen molar-refractivity contribution in [1.29, 1.82) is 0 Å². The summed E-state index contributed by atoms with van der Waals surface area (Å²) in [5.41, 5.74) is 7.66. The summed E-state index contributed by atoms with van der Waals surface area (Å²) >= 11 is 0. The van der Waals surface area contributed by atoms with Crippen LogP contribution in [0.3, 0.4) is 0 Å². The van der Waals surface area contributed by atoms with Crippen LogP contribution in [0.5, 0.6) is 0 Å². The number of Topliss-reactive ketones (excluding diaryl/α,β-unsaturated/α-hetero) is 2. The van der Waals surface area contributed by atoms with Crippen LogP contribution in [0.4, 0.5) is 13.6 Å². The standard InChI is InChI=1S/C33H39F2N5O4/c1-22(2)29(39-28(41)21-40(32(44)37-3)20-24-13-10-16-38-19-24)30(42)26(17-23-11-6-4-7-12-23)31(43)33(34,35)18-27(36)25-14-8-5-9-15-25/h4-16,19,22,26-27,29H,17-18,20-21,36H2,1-3H3,(H,37,44)(H,39,41)/t26-,27?,29-/m0/s1. The summed E-state index contributed by atoms with van der Waals surface area (Å²) in [4.78, 5) is 58.4. The third kappa shape index (κ3) is 9.50. The molecule has 0 saturated carbocycles. The van der Waals surface area contributed by atoms with Crippen LogP contribution in [0.2, 0.25) is 0 Å². The van der Waals surface area contributed by atoms with Crippen LogP contribution in [-0.4, -0.2) is 58.9 Å². The van der Waals surface area contributed by atoms with Crippen molar-refractivity contribution in [2.24, 2.45) is 17.6 Å². The van der Waals surface area contributed by atoms with E-state index in [1.807, 2.05) is 0 Å². The van der Waals surface area contributed by atoms with Gasteiger partial charge in [0.1, 0.15) is 6.54 Å². The molecule has 4 N–H and O–H groups in total. The SMILES string of the molecule is CNC(=O)N(CC(=O)N[C@H](C(=O)[C@H](Cc1ccccc1)C(=O)C(F)(F)CC(N)c1ccccc1)C(C)C)Cc1cccnc1. The molecule has 0 spiro atoms. The van der Waals surface area contributed by atoms with Gasteiger partial charge in [-0.15, -0.1) is 0 Å². The second-order valence-corrected chi connectivity index (χ2v) is 11.0. The number of amides is 3. The zero-order valence-corrected chi connectivity index (χ0v) is 25.1. The first-order valence-corrected chi connectivity index (χ1v) is 14.4. The Labute approximate surface area is 256 Å². The maximum absolute atomic E-state index is 15.6. The number of nitrogens with zero attached hydrogens (tertiary/aromatic N) is 2. The molecule has 0 fully saturated rings. The molecule has 234 valence electrons. The number of hydrogen-bond acceptors (Lipinski definition) is 6. The van der Waals surface area contributed by atoms with Crippen LogP contribution in [0.15, 0.2) is 85.2 Å². The molecule has 3 aromatic rings. The molecular weight excluding hydrogens is 568 g/mol. The van der Waals surface area contributed by atoms with Crippen molar-refractivity contribution in [3.63, 3.8) is 0 Å². The van der Waals surface area contributed by atoms with E-state index in [1.54, 1.807) is 99.0 Å². The summed E-state index contributed by atoms with van der Waals surface area (Å²) in [6, 6.07) is 17.1. The van der Waals surface area contributed by atoms with E-state index in [0.717, 1.165) is 0 Å². The molecule has 0 bridgehead atoms. The summed E-state index contributed by atoms with van der Waals surface area (Å²) in [7, 11) is 1.42. The number of ketones is 2. The summed E-state index contributed by atoms with van der Waals surface area (Å²) in [6.07, 6.45) is 1.87. The lowest BCUT2D eigenvalue weighted by Crippen LogP contribution is -2.54. The molecule has 0 saturated heterocycles. The summed E-state index contributed by atoms with van der Waals surface area (Å²) in [5, 5.41) is 5.08. The Bertz CT molecular complexity index is 1390. The smallest absolute Gasteiger partial charge is 0.317 e. The monoisotopic (exact) mass is 607 g/mol. The molecule has 0 aliphatic rings. The number of nitrogens with one attached hydrogen (secondary N) is 2. The Morgan fingerprint density at radius 3 is 2.11 bits per heavy atom. The van der Waals surface area contributed by atoms with Gasteiger partial charge in [-0.25, -0.2) is 4.79 Å². The summed E-state index contributed by atoms with van der Waals surface area (Å²) in [6.45, 7) is 2.92. The minimum absolute atomic E-state index is 0.0598. The number of urea groups is 1. The maximum Gasteiger partial charge on any atom is 0.317 e. The molecule has 1 unspecified atom stereocenters. The number of carbonyl (C=O) groups is 4. The molecule has 3 rings (SSSR count). The number of hydrogen-bond donors (Lipinski definition) is 3. The zero-order valence-electron chi connectivity index (χ0n) is 25.1. The molecule has 3 amide bonds. The van der Waals surface area contributed by atoms with Crippen molar-refractivity contribution in [2.45, 2.75) is 51.2 Å². The first kappa shape index (κ1) is 34.0. The number of halogens is 2. The molecule has 0 aliphatic carbocycles. The van der Waals surface area contributed by atoms with Gasteiger partial charge in [-0.2, -0.15) is 8.78 Å². The third-order valence-electron chi connectivity index (χ3n) is 7.23. The average Bonchev–Trinajstić information content (AvgIpc) is 3.02.